The molecule has 1 unspecified atom stereocenters. The van der Waals surface area contributed by atoms with Crippen molar-refractivity contribution in [3.05, 3.63) is 22.8 Å². The van der Waals surface area contributed by atoms with Crippen molar-refractivity contribution in [2.24, 2.45) is 5.73 Å². The minimum atomic E-state index is -4.43. The smallest absolute Gasteiger partial charge is 0.369 e. The van der Waals surface area contributed by atoms with E-state index >= 15 is 0 Å². The first-order chi connectivity index (χ1) is 8.34. The number of hydrogen-bond acceptors (Lipinski definition) is 3. The van der Waals surface area contributed by atoms with E-state index in [1.165, 1.54) is 0 Å². The van der Waals surface area contributed by atoms with Gasteiger partial charge in [-0.05, 0) is 18.9 Å². The molecule has 1 rings (SSSR count). The Hall–Kier alpha value is -1.01. The third kappa shape index (κ3) is 4.34. The van der Waals surface area contributed by atoms with E-state index in [4.69, 9.17) is 17.3 Å². The van der Waals surface area contributed by atoms with Gasteiger partial charge in [0.2, 0.25) is 0 Å². The average molecular weight is 282 g/mol. The quantitative estimate of drug-likeness (QED) is 0.871. The zero-order valence-electron chi connectivity index (χ0n) is 9.89. The largest absolute Gasteiger partial charge is 0.417 e. The third-order valence-corrected chi connectivity index (χ3v) is 2.79. The molecule has 3 nitrogen and oxygen atoms in total. The van der Waals surface area contributed by atoms with Crippen LogP contribution >= 0.6 is 11.6 Å². The molecule has 0 saturated heterocycles. The molecule has 0 bridgehead atoms. The van der Waals surface area contributed by atoms with Crippen molar-refractivity contribution < 1.29 is 13.2 Å². The molecule has 7 heteroatoms. The van der Waals surface area contributed by atoms with Crippen LogP contribution in [-0.4, -0.2) is 17.6 Å². The normalized spacial score (nSPS) is 13.4. The highest BCUT2D eigenvalue weighted by Crippen LogP contribution is 2.32. The lowest BCUT2D eigenvalue weighted by molar-refractivity contribution is -0.137. The minimum absolute atomic E-state index is 0.0464. The number of anilines is 1. The zero-order valence-corrected chi connectivity index (χ0v) is 10.6. The topological polar surface area (TPSA) is 50.9 Å². The molecular formula is C11H15ClF3N3. The van der Waals surface area contributed by atoms with Crippen molar-refractivity contribution in [2.45, 2.75) is 32.0 Å². The number of halogens is 4. The van der Waals surface area contributed by atoms with Gasteiger partial charge in [-0.1, -0.05) is 18.5 Å². The monoisotopic (exact) mass is 281 g/mol. The first-order valence-corrected chi connectivity index (χ1v) is 5.94. The van der Waals surface area contributed by atoms with Gasteiger partial charge in [0, 0.05) is 18.8 Å². The van der Waals surface area contributed by atoms with Crippen LogP contribution in [0, 0.1) is 0 Å². The summed E-state index contributed by atoms with van der Waals surface area (Å²) >= 11 is 5.73. The maximum absolute atomic E-state index is 12.4. The van der Waals surface area contributed by atoms with E-state index in [9.17, 15) is 13.2 Å². The Balaban J connectivity index is 2.63. The number of nitrogens with zero attached hydrogens (tertiary/aromatic N) is 1. The number of rotatable bonds is 5. The molecule has 1 atom stereocenters. The lowest BCUT2D eigenvalue weighted by atomic mass is 10.2. The molecule has 0 aliphatic heterocycles. The van der Waals surface area contributed by atoms with Gasteiger partial charge >= 0.3 is 6.18 Å². The Kier molecular flexibility index (Phi) is 5.22. The standard InChI is InChI=1S/C11H15ClF3N3/c1-2-8(16)3-4-17-10-9(12)5-7(6-18-10)11(13,14)15/h5-6,8H,2-4,16H2,1H3,(H,17,18). The molecule has 1 aromatic heterocycles. The maximum atomic E-state index is 12.4. The lowest BCUT2D eigenvalue weighted by Crippen LogP contribution is -2.22. The molecule has 3 N–H and O–H groups in total. The van der Waals surface area contributed by atoms with Crippen LogP contribution in [0.1, 0.15) is 25.3 Å². The number of pyridine rings is 1. The maximum Gasteiger partial charge on any atom is 0.417 e. The van der Waals surface area contributed by atoms with E-state index in [2.05, 4.69) is 10.3 Å². The Morgan fingerprint density at radius 3 is 2.67 bits per heavy atom. The minimum Gasteiger partial charge on any atom is -0.369 e. The summed E-state index contributed by atoms with van der Waals surface area (Å²) in [5.74, 6) is 0.243. The summed E-state index contributed by atoms with van der Waals surface area (Å²) in [5.41, 5.74) is 4.86. The highest BCUT2D eigenvalue weighted by atomic mass is 35.5. The van der Waals surface area contributed by atoms with Crippen LogP contribution in [0.2, 0.25) is 5.02 Å². The molecule has 0 aliphatic rings. The van der Waals surface area contributed by atoms with Crippen LogP contribution in [0.4, 0.5) is 19.0 Å². The fourth-order valence-electron chi connectivity index (χ4n) is 1.30. The molecule has 1 heterocycles. The second-order valence-electron chi connectivity index (χ2n) is 3.94. The number of nitrogens with one attached hydrogen (secondary N) is 1. The molecular weight excluding hydrogens is 267 g/mol. The van der Waals surface area contributed by atoms with Gasteiger partial charge in [-0.2, -0.15) is 13.2 Å². The molecule has 0 aromatic carbocycles. The third-order valence-electron chi connectivity index (χ3n) is 2.50. The van der Waals surface area contributed by atoms with E-state index in [0.29, 0.717) is 13.0 Å². The zero-order chi connectivity index (χ0) is 13.8. The summed E-state index contributed by atoms with van der Waals surface area (Å²) in [7, 11) is 0. The summed E-state index contributed by atoms with van der Waals surface area (Å²) in [6, 6.07) is 0.919. The van der Waals surface area contributed by atoms with Crippen molar-refractivity contribution in [3.8, 4) is 0 Å². The van der Waals surface area contributed by atoms with Crippen molar-refractivity contribution >= 4 is 17.4 Å². The number of hydrogen-bond donors (Lipinski definition) is 2. The highest BCUT2D eigenvalue weighted by Gasteiger charge is 2.31. The van der Waals surface area contributed by atoms with Crippen molar-refractivity contribution in [1.82, 2.24) is 4.98 Å². The van der Waals surface area contributed by atoms with Crippen LogP contribution in [0.5, 0.6) is 0 Å². The van der Waals surface area contributed by atoms with E-state index in [1.54, 1.807) is 0 Å². The molecule has 0 saturated carbocycles. The molecule has 0 amide bonds. The Bertz CT molecular complexity index is 396. The van der Waals surface area contributed by atoms with Gasteiger partial charge in [0.1, 0.15) is 5.82 Å². The lowest BCUT2D eigenvalue weighted by Gasteiger charge is -2.12. The van der Waals surface area contributed by atoms with Gasteiger partial charge in [-0.15, -0.1) is 0 Å². The van der Waals surface area contributed by atoms with E-state index < -0.39 is 11.7 Å². The molecule has 18 heavy (non-hydrogen) atoms. The molecule has 0 spiro atoms. The van der Waals surface area contributed by atoms with Crippen molar-refractivity contribution in [2.75, 3.05) is 11.9 Å². The second-order valence-corrected chi connectivity index (χ2v) is 4.34. The van der Waals surface area contributed by atoms with Crippen molar-refractivity contribution in [1.29, 1.82) is 0 Å². The van der Waals surface area contributed by atoms with Gasteiger partial charge < -0.3 is 11.1 Å². The van der Waals surface area contributed by atoms with E-state index in [1.807, 2.05) is 6.92 Å². The predicted octanol–water partition coefficient (Wildman–Crippen LogP) is 3.29. The van der Waals surface area contributed by atoms with Crippen LogP contribution in [0.3, 0.4) is 0 Å². The van der Waals surface area contributed by atoms with Gasteiger partial charge in [0.05, 0.1) is 10.6 Å². The van der Waals surface area contributed by atoms with Crippen LogP contribution in [0.15, 0.2) is 12.3 Å². The molecule has 0 fully saturated rings. The van der Waals surface area contributed by atoms with Gasteiger partial charge in [0.25, 0.3) is 0 Å². The summed E-state index contributed by atoms with van der Waals surface area (Å²) in [5, 5.41) is 2.82. The van der Waals surface area contributed by atoms with E-state index in [-0.39, 0.29) is 16.9 Å². The number of aromatic nitrogens is 1. The molecule has 0 radical (unpaired) electrons. The Morgan fingerprint density at radius 1 is 1.50 bits per heavy atom. The van der Waals surface area contributed by atoms with Crippen LogP contribution in [-0.2, 0) is 6.18 Å². The van der Waals surface area contributed by atoms with Gasteiger partial charge in [0.15, 0.2) is 0 Å². The van der Waals surface area contributed by atoms with Crippen molar-refractivity contribution in [3.63, 3.8) is 0 Å². The van der Waals surface area contributed by atoms with Gasteiger partial charge in [-0.25, -0.2) is 4.98 Å². The molecule has 102 valence electrons. The average Bonchev–Trinajstić information content (AvgIpc) is 2.29. The fraction of sp³-hybridized carbons (Fsp3) is 0.545. The number of nitrogens with two attached hydrogens (primary N) is 1. The Morgan fingerprint density at radius 2 is 2.17 bits per heavy atom. The summed E-state index contributed by atoms with van der Waals surface area (Å²) in [6.45, 7) is 2.49. The number of alkyl halides is 3. The molecule has 1 aromatic rings. The molecule has 0 aliphatic carbocycles. The first-order valence-electron chi connectivity index (χ1n) is 5.56. The highest BCUT2D eigenvalue weighted by molar-refractivity contribution is 6.32. The SMILES string of the molecule is CCC(N)CCNc1ncc(C(F)(F)F)cc1Cl. The van der Waals surface area contributed by atoms with Crippen LogP contribution in [0.25, 0.3) is 0 Å². The van der Waals surface area contributed by atoms with Crippen LogP contribution < -0.4 is 11.1 Å². The summed E-state index contributed by atoms with van der Waals surface area (Å²) in [6.07, 6.45) is -2.13. The predicted molar refractivity (Wildman–Crippen MR) is 65.6 cm³/mol. The van der Waals surface area contributed by atoms with Gasteiger partial charge in [-0.3, -0.25) is 0 Å². The van der Waals surface area contributed by atoms with E-state index in [0.717, 1.165) is 18.7 Å². The Labute approximate surface area is 109 Å². The summed E-state index contributed by atoms with van der Waals surface area (Å²) < 4.78 is 37.1. The first kappa shape index (κ1) is 15.0. The fourth-order valence-corrected chi connectivity index (χ4v) is 1.54. The summed E-state index contributed by atoms with van der Waals surface area (Å²) in [4.78, 5) is 3.66. The second kappa shape index (κ2) is 6.24.